The van der Waals surface area contributed by atoms with Gasteiger partial charge in [-0.2, -0.15) is 0 Å². The molecule has 0 aliphatic heterocycles. The molecule has 0 spiro atoms. The molecule has 0 fully saturated rings. The summed E-state index contributed by atoms with van der Waals surface area (Å²) in [5.74, 6) is 0.984. The van der Waals surface area contributed by atoms with Crippen LogP contribution in [0.3, 0.4) is 0 Å². The van der Waals surface area contributed by atoms with Crippen LogP contribution in [0.5, 0.6) is 0 Å². The smallest absolute Gasteiger partial charge is 0.252 e. The number of anilines is 1. The van der Waals surface area contributed by atoms with Crippen LogP contribution in [0.25, 0.3) is 0 Å². The summed E-state index contributed by atoms with van der Waals surface area (Å²) >= 11 is 0. The molecule has 0 aliphatic rings. The van der Waals surface area contributed by atoms with Crippen LogP contribution in [0.4, 0.5) is 5.82 Å². The molecule has 1 aromatic rings. The predicted octanol–water partition coefficient (Wildman–Crippen LogP) is -1.13. The number of aliphatic hydroxyl groups excluding tert-OH is 2. The number of rotatable bonds is 5. The average Bonchev–Trinajstić information content (AvgIpc) is 2.16. The van der Waals surface area contributed by atoms with Crippen LogP contribution in [0.15, 0.2) is 10.9 Å². The van der Waals surface area contributed by atoms with Crippen molar-refractivity contribution in [1.29, 1.82) is 0 Å². The van der Waals surface area contributed by atoms with Crippen molar-refractivity contribution < 1.29 is 10.2 Å². The Labute approximate surface area is 87.2 Å². The fourth-order valence-electron chi connectivity index (χ4n) is 1.31. The van der Waals surface area contributed by atoms with E-state index in [1.54, 1.807) is 11.8 Å². The van der Waals surface area contributed by atoms with Crippen molar-refractivity contribution in [1.82, 2.24) is 9.97 Å². The Kier molecular flexibility index (Phi) is 4.26. The molecule has 0 radical (unpaired) electrons. The van der Waals surface area contributed by atoms with Gasteiger partial charge in [-0.1, -0.05) is 0 Å². The Morgan fingerprint density at radius 1 is 1.40 bits per heavy atom. The lowest BCUT2D eigenvalue weighted by atomic mass is 10.4. The zero-order valence-corrected chi connectivity index (χ0v) is 8.60. The predicted molar refractivity (Wildman–Crippen MR) is 56.0 cm³/mol. The second-order valence-electron chi connectivity index (χ2n) is 3.12. The first-order valence-electron chi connectivity index (χ1n) is 4.72. The van der Waals surface area contributed by atoms with Crippen molar-refractivity contribution in [3.05, 3.63) is 22.2 Å². The van der Waals surface area contributed by atoms with Gasteiger partial charge in [-0.3, -0.25) is 4.79 Å². The number of aryl methyl sites for hydroxylation is 1. The highest BCUT2D eigenvalue weighted by atomic mass is 16.3. The molecule has 0 bridgehead atoms. The summed E-state index contributed by atoms with van der Waals surface area (Å²) in [6, 6.07) is 1.35. The maximum Gasteiger partial charge on any atom is 0.252 e. The molecule has 0 saturated carbocycles. The number of aliphatic hydroxyl groups is 2. The van der Waals surface area contributed by atoms with Gasteiger partial charge in [0.2, 0.25) is 0 Å². The first kappa shape index (κ1) is 11.7. The Hall–Kier alpha value is -1.40. The van der Waals surface area contributed by atoms with Gasteiger partial charge in [-0.05, 0) is 6.92 Å². The molecule has 1 heterocycles. The quantitative estimate of drug-likeness (QED) is 0.576. The highest BCUT2D eigenvalue weighted by molar-refractivity contribution is 5.37. The molecule has 6 heteroatoms. The number of hydrogen-bond donors (Lipinski definition) is 3. The van der Waals surface area contributed by atoms with Crippen molar-refractivity contribution >= 4 is 5.82 Å². The molecule has 0 aromatic carbocycles. The summed E-state index contributed by atoms with van der Waals surface area (Å²) in [6.45, 7) is 2.27. The SMILES string of the molecule is Cc1nc(N(CCO)CCO)cc(=O)[nH]1. The van der Waals surface area contributed by atoms with E-state index in [0.29, 0.717) is 24.7 Å². The second-order valence-corrected chi connectivity index (χ2v) is 3.12. The van der Waals surface area contributed by atoms with E-state index >= 15 is 0 Å². The van der Waals surface area contributed by atoms with Gasteiger partial charge in [0.15, 0.2) is 0 Å². The van der Waals surface area contributed by atoms with Gasteiger partial charge in [0.1, 0.15) is 11.6 Å². The van der Waals surface area contributed by atoms with Crippen LogP contribution >= 0.6 is 0 Å². The lowest BCUT2D eigenvalue weighted by Gasteiger charge is -2.21. The highest BCUT2D eigenvalue weighted by Gasteiger charge is 2.07. The molecule has 0 amide bonds. The number of nitrogens with zero attached hydrogens (tertiary/aromatic N) is 2. The molecule has 15 heavy (non-hydrogen) atoms. The van der Waals surface area contributed by atoms with Crippen molar-refractivity contribution in [3.63, 3.8) is 0 Å². The number of aromatic nitrogens is 2. The Morgan fingerprint density at radius 3 is 2.47 bits per heavy atom. The molecule has 0 saturated heterocycles. The minimum atomic E-state index is -0.238. The fraction of sp³-hybridized carbons (Fsp3) is 0.556. The molecule has 84 valence electrons. The Morgan fingerprint density at radius 2 is 2.00 bits per heavy atom. The monoisotopic (exact) mass is 213 g/mol. The van der Waals surface area contributed by atoms with Gasteiger partial charge < -0.3 is 20.1 Å². The number of H-pyrrole nitrogens is 1. The minimum Gasteiger partial charge on any atom is -0.395 e. The summed E-state index contributed by atoms with van der Waals surface area (Å²) < 4.78 is 0. The van der Waals surface area contributed by atoms with E-state index in [2.05, 4.69) is 9.97 Å². The normalized spacial score (nSPS) is 10.3. The molecule has 3 N–H and O–H groups in total. The standard InChI is InChI=1S/C9H15N3O3/c1-7-10-8(6-9(15)11-7)12(2-4-13)3-5-14/h6,13-14H,2-5H2,1H3,(H,10,11,15). The van der Waals surface area contributed by atoms with E-state index in [0.717, 1.165) is 0 Å². The van der Waals surface area contributed by atoms with Crippen LogP contribution < -0.4 is 10.5 Å². The average molecular weight is 213 g/mol. The van der Waals surface area contributed by atoms with Gasteiger partial charge >= 0.3 is 0 Å². The summed E-state index contributed by atoms with van der Waals surface area (Å²) in [4.78, 5) is 19.5. The van der Waals surface area contributed by atoms with E-state index in [4.69, 9.17) is 10.2 Å². The van der Waals surface area contributed by atoms with E-state index < -0.39 is 0 Å². The molecule has 0 aliphatic carbocycles. The molecule has 1 aromatic heterocycles. The van der Waals surface area contributed by atoms with Gasteiger partial charge in [0.05, 0.1) is 13.2 Å². The van der Waals surface area contributed by atoms with E-state index in [-0.39, 0.29) is 18.8 Å². The van der Waals surface area contributed by atoms with Crippen LogP contribution in [-0.2, 0) is 0 Å². The fourth-order valence-corrected chi connectivity index (χ4v) is 1.31. The van der Waals surface area contributed by atoms with Gasteiger partial charge in [0.25, 0.3) is 5.56 Å². The summed E-state index contributed by atoms with van der Waals surface area (Å²) in [6.07, 6.45) is 0. The lowest BCUT2D eigenvalue weighted by Crippen LogP contribution is -2.31. The maximum atomic E-state index is 11.2. The topological polar surface area (TPSA) is 89.4 Å². The van der Waals surface area contributed by atoms with Crippen molar-refractivity contribution in [2.45, 2.75) is 6.92 Å². The van der Waals surface area contributed by atoms with Gasteiger partial charge in [-0.25, -0.2) is 4.98 Å². The molecular weight excluding hydrogens is 198 g/mol. The highest BCUT2D eigenvalue weighted by Crippen LogP contribution is 2.06. The molecule has 0 atom stereocenters. The molecule has 6 nitrogen and oxygen atoms in total. The van der Waals surface area contributed by atoms with Gasteiger partial charge in [0, 0.05) is 19.2 Å². The van der Waals surface area contributed by atoms with E-state index in [1.807, 2.05) is 0 Å². The zero-order chi connectivity index (χ0) is 11.3. The largest absolute Gasteiger partial charge is 0.395 e. The second kappa shape index (κ2) is 5.47. The van der Waals surface area contributed by atoms with Crippen LogP contribution in [0.2, 0.25) is 0 Å². The van der Waals surface area contributed by atoms with Crippen molar-refractivity contribution in [2.75, 3.05) is 31.2 Å². The number of nitrogens with one attached hydrogen (secondary N) is 1. The van der Waals surface area contributed by atoms with E-state index in [1.165, 1.54) is 6.07 Å². The van der Waals surface area contributed by atoms with Crippen LogP contribution in [0, 0.1) is 6.92 Å². The summed E-state index contributed by atoms with van der Waals surface area (Å²) in [5, 5.41) is 17.7. The van der Waals surface area contributed by atoms with Crippen LogP contribution in [-0.4, -0.2) is 46.5 Å². The zero-order valence-electron chi connectivity index (χ0n) is 8.60. The summed E-state index contributed by atoms with van der Waals surface area (Å²) in [5.41, 5.74) is -0.238. The van der Waals surface area contributed by atoms with Crippen LogP contribution in [0.1, 0.15) is 5.82 Å². The third-order valence-electron chi connectivity index (χ3n) is 1.91. The summed E-state index contributed by atoms with van der Waals surface area (Å²) in [7, 11) is 0. The van der Waals surface area contributed by atoms with Gasteiger partial charge in [-0.15, -0.1) is 0 Å². The van der Waals surface area contributed by atoms with E-state index in [9.17, 15) is 4.79 Å². The maximum absolute atomic E-state index is 11.2. The number of hydrogen-bond acceptors (Lipinski definition) is 5. The van der Waals surface area contributed by atoms with Crippen molar-refractivity contribution in [3.8, 4) is 0 Å². The van der Waals surface area contributed by atoms with Crippen molar-refractivity contribution in [2.24, 2.45) is 0 Å². The molecule has 1 rings (SSSR count). The third-order valence-corrected chi connectivity index (χ3v) is 1.91. The third kappa shape index (κ3) is 3.34. The lowest BCUT2D eigenvalue weighted by molar-refractivity contribution is 0.280. The molecular formula is C9H15N3O3. The molecule has 0 unspecified atom stereocenters. The first-order valence-corrected chi connectivity index (χ1v) is 4.72. The first-order chi connectivity index (χ1) is 7.17. The Bertz CT molecular complexity index is 358. The Balaban J connectivity index is 2.93. The minimum absolute atomic E-state index is 0.0481. The number of aromatic amines is 1.